The van der Waals surface area contributed by atoms with Gasteiger partial charge in [-0.3, -0.25) is 9.78 Å². The molecule has 1 heterocycles. The Kier molecular flexibility index (Phi) is 7.71. The lowest BCUT2D eigenvalue weighted by Gasteiger charge is -2.29. The fraction of sp³-hybridized carbons (Fsp3) is 0.300. The zero-order valence-electron chi connectivity index (χ0n) is 21.8. The molecule has 0 aliphatic heterocycles. The fourth-order valence-corrected chi connectivity index (χ4v) is 4.51. The van der Waals surface area contributed by atoms with E-state index in [0.717, 1.165) is 55.0 Å². The Morgan fingerprint density at radius 2 is 1.61 bits per heavy atom. The highest BCUT2D eigenvalue weighted by molar-refractivity contribution is 5.95. The fourth-order valence-electron chi connectivity index (χ4n) is 4.51. The van der Waals surface area contributed by atoms with Crippen molar-refractivity contribution in [2.45, 2.75) is 38.6 Å². The molecule has 0 spiro atoms. The van der Waals surface area contributed by atoms with Crippen LogP contribution in [0.5, 0.6) is 0 Å². The number of hydrogen-bond acceptors (Lipinski definition) is 4. The molecule has 186 valence electrons. The van der Waals surface area contributed by atoms with Gasteiger partial charge >= 0.3 is 5.97 Å². The monoisotopic (exact) mass is 484 g/mol. The SMILES string of the molecule is [2H][C@H](c1ccc(-c2ccc(N(C)C)cc2)cc1)N(C(=O)C1CCCCC1)c1cncc(/C=C/C(=O)O)c1. The maximum absolute atomic E-state index is 13.7. The number of nitrogens with zero attached hydrogens (tertiary/aromatic N) is 3. The van der Waals surface area contributed by atoms with Crippen LogP contribution in [0.4, 0.5) is 11.4 Å². The van der Waals surface area contributed by atoms with Crippen molar-refractivity contribution < 1.29 is 16.1 Å². The van der Waals surface area contributed by atoms with E-state index in [0.29, 0.717) is 16.8 Å². The number of carbonyl (C=O) groups is 2. The lowest BCUT2D eigenvalue weighted by Crippen LogP contribution is -2.36. The summed E-state index contributed by atoms with van der Waals surface area (Å²) in [4.78, 5) is 32.5. The molecule has 36 heavy (non-hydrogen) atoms. The summed E-state index contributed by atoms with van der Waals surface area (Å²) < 4.78 is 9.11. The van der Waals surface area contributed by atoms with Gasteiger partial charge in [-0.25, -0.2) is 4.79 Å². The maximum atomic E-state index is 13.7. The van der Waals surface area contributed by atoms with Gasteiger partial charge in [0.2, 0.25) is 5.91 Å². The summed E-state index contributed by atoms with van der Waals surface area (Å²) in [5, 5.41) is 8.99. The average molecular weight is 485 g/mol. The summed E-state index contributed by atoms with van der Waals surface area (Å²) in [6, 6.07) is 17.8. The van der Waals surface area contributed by atoms with Crippen LogP contribution >= 0.6 is 0 Å². The first-order chi connectivity index (χ1) is 17.8. The molecule has 1 aliphatic rings. The Labute approximate surface area is 214 Å². The topological polar surface area (TPSA) is 73.7 Å². The van der Waals surface area contributed by atoms with Crippen LogP contribution in [-0.4, -0.2) is 36.1 Å². The molecule has 6 nitrogen and oxygen atoms in total. The van der Waals surface area contributed by atoms with E-state index >= 15 is 0 Å². The molecule has 0 saturated heterocycles. The van der Waals surface area contributed by atoms with Gasteiger partial charge in [-0.05, 0) is 59.4 Å². The molecule has 6 heteroatoms. The van der Waals surface area contributed by atoms with E-state index in [4.69, 9.17) is 6.48 Å². The van der Waals surface area contributed by atoms with Gasteiger partial charge in [-0.15, -0.1) is 0 Å². The zero-order chi connectivity index (χ0) is 26.4. The zero-order valence-corrected chi connectivity index (χ0v) is 20.8. The van der Waals surface area contributed by atoms with Gasteiger partial charge < -0.3 is 14.9 Å². The van der Waals surface area contributed by atoms with Gasteiger partial charge in [-0.2, -0.15) is 0 Å². The number of benzene rings is 2. The highest BCUT2D eigenvalue weighted by Gasteiger charge is 2.27. The molecule has 1 atom stereocenters. The van der Waals surface area contributed by atoms with Crippen LogP contribution in [0.1, 0.15) is 44.6 Å². The van der Waals surface area contributed by atoms with E-state index in [2.05, 4.69) is 34.1 Å². The minimum atomic E-state index is -1.06. The minimum absolute atomic E-state index is 0.0794. The summed E-state index contributed by atoms with van der Waals surface area (Å²) in [7, 11) is 4.01. The molecule has 0 bridgehead atoms. The summed E-state index contributed by atoms with van der Waals surface area (Å²) in [6.45, 7) is -0.958. The van der Waals surface area contributed by atoms with Gasteiger partial charge in [0.05, 0.1) is 19.8 Å². The van der Waals surface area contributed by atoms with Crippen molar-refractivity contribution in [1.82, 2.24) is 4.98 Å². The third kappa shape index (κ3) is 6.39. The number of carboxylic acids is 1. The van der Waals surface area contributed by atoms with Gasteiger partial charge in [0.25, 0.3) is 0 Å². The van der Waals surface area contributed by atoms with Crippen molar-refractivity contribution in [1.29, 1.82) is 0 Å². The smallest absolute Gasteiger partial charge is 0.328 e. The lowest BCUT2D eigenvalue weighted by atomic mass is 9.88. The quantitative estimate of drug-likeness (QED) is 0.396. The number of aromatic nitrogens is 1. The summed E-state index contributed by atoms with van der Waals surface area (Å²) >= 11 is 0. The number of rotatable bonds is 8. The van der Waals surface area contributed by atoms with E-state index in [1.54, 1.807) is 18.5 Å². The van der Waals surface area contributed by atoms with Crippen molar-refractivity contribution in [2.24, 2.45) is 5.92 Å². The van der Waals surface area contributed by atoms with E-state index in [1.165, 1.54) is 11.0 Å². The maximum Gasteiger partial charge on any atom is 0.328 e. The second-order valence-electron chi connectivity index (χ2n) is 9.38. The second kappa shape index (κ2) is 11.7. The van der Waals surface area contributed by atoms with Crippen molar-refractivity contribution in [2.75, 3.05) is 23.9 Å². The Hall–Kier alpha value is -3.93. The molecule has 3 aromatic rings. The number of aliphatic carboxylic acids is 1. The third-order valence-electron chi connectivity index (χ3n) is 6.54. The molecule has 1 saturated carbocycles. The highest BCUT2D eigenvalue weighted by atomic mass is 16.4. The molecule has 1 fully saturated rings. The highest BCUT2D eigenvalue weighted by Crippen LogP contribution is 2.30. The molecule has 4 rings (SSSR count). The molecule has 1 N–H and O–H groups in total. The third-order valence-corrected chi connectivity index (χ3v) is 6.54. The number of pyridine rings is 1. The Balaban J connectivity index is 1.64. The van der Waals surface area contributed by atoms with Crippen molar-refractivity contribution in [3.8, 4) is 11.1 Å². The first kappa shape index (κ1) is 23.8. The van der Waals surface area contributed by atoms with E-state index < -0.39 is 12.5 Å². The largest absolute Gasteiger partial charge is 0.478 e. The Morgan fingerprint density at radius 1 is 0.972 bits per heavy atom. The number of carboxylic acid groups (broad SMARTS) is 1. The Morgan fingerprint density at radius 3 is 2.22 bits per heavy atom. The number of amides is 1. The number of anilines is 2. The summed E-state index contributed by atoms with van der Waals surface area (Å²) in [5.74, 6) is -1.27. The molecule has 1 amide bonds. The van der Waals surface area contributed by atoms with Gasteiger partial charge in [-0.1, -0.05) is 55.7 Å². The minimum Gasteiger partial charge on any atom is -0.478 e. The van der Waals surface area contributed by atoms with Gasteiger partial charge in [0.15, 0.2) is 0 Å². The number of carbonyl (C=O) groups excluding carboxylic acids is 1. The van der Waals surface area contributed by atoms with Crippen LogP contribution in [0.15, 0.2) is 73.1 Å². The van der Waals surface area contributed by atoms with Crippen molar-refractivity contribution in [3.05, 3.63) is 84.2 Å². The molecule has 1 aliphatic carbocycles. The predicted molar refractivity (Wildman–Crippen MR) is 145 cm³/mol. The summed E-state index contributed by atoms with van der Waals surface area (Å²) in [5.41, 5.74) is 4.99. The van der Waals surface area contributed by atoms with Crippen molar-refractivity contribution in [3.63, 3.8) is 0 Å². The first-order valence-corrected chi connectivity index (χ1v) is 12.3. The Bertz CT molecular complexity index is 1250. The molecular formula is C30H33N3O3. The predicted octanol–water partition coefficient (Wildman–Crippen LogP) is 6.03. The van der Waals surface area contributed by atoms with E-state index in [9.17, 15) is 9.59 Å². The summed E-state index contributed by atoms with van der Waals surface area (Å²) in [6.07, 6.45) is 10.4. The van der Waals surface area contributed by atoms with E-state index in [-0.39, 0.29) is 11.8 Å². The number of hydrogen-bond donors (Lipinski definition) is 1. The van der Waals surface area contributed by atoms with Crippen molar-refractivity contribution >= 4 is 29.3 Å². The molecular weight excluding hydrogens is 450 g/mol. The normalized spacial score (nSPS) is 15.3. The van der Waals surface area contributed by atoms with Crippen LogP contribution in [0.2, 0.25) is 0 Å². The molecule has 0 radical (unpaired) electrons. The van der Waals surface area contributed by atoms with Gasteiger partial charge in [0.1, 0.15) is 0 Å². The van der Waals surface area contributed by atoms with Crippen LogP contribution < -0.4 is 9.80 Å². The molecule has 1 aromatic heterocycles. The van der Waals surface area contributed by atoms with Crippen LogP contribution in [0, 0.1) is 5.92 Å². The first-order valence-electron chi connectivity index (χ1n) is 12.9. The van der Waals surface area contributed by atoms with Gasteiger partial charge in [0, 0.05) is 38.0 Å². The molecule has 0 unspecified atom stereocenters. The van der Waals surface area contributed by atoms with Crippen LogP contribution in [-0.2, 0) is 16.1 Å². The van der Waals surface area contributed by atoms with E-state index in [1.807, 2.05) is 38.4 Å². The van der Waals surface area contributed by atoms with Crippen LogP contribution in [0.25, 0.3) is 17.2 Å². The lowest BCUT2D eigenvalue weighted by molar-refractivity contribution is -0.131. The second-order valence-corrected chi connectivity index (χ2v) is 9.38. The average Bonchev–Trinajstić information content (AvgIpc) is 2.93. The standard InChI is InChI=1S/C30H33N3O3/c1-32(2)27-15-13-25(14-16-27)24-11-8-22(9-12-24)21-33(30(36)26-6-4-3-5-7-26)28-18-23(19-31-20-28)10-17-29(34)35/h8-20,26H,3-7,21H2,1-2H3,(H,34,35)/b17-10+/i21D/t21-/m1/s1. The van der Waals surface area contributed by atoms with Crippen LogP contribution in [0.3, 0.4) is 0 Å². The molecule has 2 aromatic carbocycles.